The summed E-state index contributed by atoms with van der Waals surface area (Å²) in [6.45, 7) is 2.02. The van der Waals surface area contributed by atoms with Crippen LogP contribution in [0.3, 0.4) is 0 Å². The minimum atomic E-state index is -0.0607. The van der Waals surface area contributed by atoms with E-state index in [0.717, 1.165) is 11.3 Å². The summed E-state index contributed by atoms with van der Waals surface area (Å²) >= 11 is 0. The third kappa shape index (κ3) is 3.51. The number of benzene rings is 1. The molecule has 1 aromatic carbocycles. The molecule has 0 fully saturated rings. The average Bonchev–Trinajstić information content (AvgIpc) is 2.47. The number of pyridine rings is 1. The number of nitrogens with two attached hydrogens (primary N) is 1. The summed E-state index contributed by atoms with van der Waals surface area (Å²) in [5, 5.41) is 3.28. The van der Waals surface area contributed by atoms with Gasteiger partial charge in [-0.15, -0.1) is 0 Å². The maximum Gasteiger partial charge on any atom is 0.254 e. The number of hydrogen-bond donors (Lipinski definition) is 2. The Bertz CT molecular complexity index is 622. The summed E-state index contributed by atoms with van der Waals surface area (Å²) in [7, 11) is 3.43. The van der Waals surface area contributed by atoms with E-state index in [4.69, 9.17) is 5.73 Å². The fourth-order valence-electron chi connectivity index (χ4n) is 2.07. The van der Waals surface area contributed by atoms with Crippen LogP contribution in [0.25, 0.3) is 0 Å². The van der Waals surface area contributed by atoms with Crippen molar-refractivity contribution in [2.75, 3.05) is 25.1 Å². The molecule has 1 aromatic heterocycles. The second-order valence-corrected chi connectivity index (χ2v) is 5.13. The van der Waals surface area contributed by atoms with Crippen LogP contribution in [0.15, 0.2) is 42.6 Å². The molecule has 1 heterocycles. The first-order chi connectivity index (χ1) is 9.99. The van der Waals surface area contributed by atoms with Crippen molar-refractivity contribution in [3.63, 3.8) is 0 Å². The number of anilines is 2. The van der Waals surface area contributed by atoms with E-state index in [-0.39, 0.29) is 11.9 Å². The highest BCUT2D eigenvalue weighted by Gasteiger charge is 2.11. The average molecular weight is 284 g/mol. The molecular formula is C16H20N4O. The van der Waals surface area contributed by atoms with Gasteiger partial charge in [0.15, 0.2) is 0 Å². The molecule has 2 rings (SSSR count). The number of hydrogen-bond acceptors (Lipinski definition) is 4. The topological polar surface area (TPSA) is 71.2 Å². The van der Waals surface area contributed by atoms with E-state index < -0.39 is 0 Å². The van der Waals surface area contributed by atoms with Gasteiger partial charge in [0.1, 0.15) is 5.82 Å². The molecule has 0 radical (unpaired) electrons. The molecule has 0 aliphatic rings. The highest BCUT2D eigenvalue weighted by atomic mass is 16.2. The van der Waals surface area contributed by atoms with Gasteiger partial charge in [0.05, 0.1) is 11.6 Å². The second-order valence-electron chi connectivity index (χ2n) is 5.13. The first-order valence-corrected chi connectivity index (χ1v) is 6.77. The molecule has 110 valence electrons. The molecule has 3 N–H and O–H groups in total. The van der Waals surface area contributed by atoms with Gasteiger partial charge >= 0.3 is 0 Å². The van der Waals surface area contributed by atoms with Crippen molar-refractivity contribution in [3.8, 4) is 0 Å². The fourth-order valence-corrected chi connectivity index (χ4v) is 2.07. The van der Waals surface area contributed by atoms with E-state index in [1.165, 1.54) is 4.90 Å². The zero-order valence-corrected chi connectivity index (χ0v) is 12.5. The van der Waals surface area contributed by atoms with Gasteiger partial charge in [0.2, 0.25) is 0 Å². The maximum absolute atomic E-state index is 11.8. The lowest BCUT2D eigenvalue weighted by molar-refractivity contribution is 0.0827. The number of carbonyl (C=O) groups excluding carboxylic acids is 1. The van der Waals surface area contributed by atoms with Gasteiger partial charge in [-0.05, 0) is 30.7 Å². The Hall–Kier alpha value is -2.56. The van der Waals surface area contributed by atoms with E-state index in [0.29, 0.717) is 11.4 Å². The van der Waals surface area contributed by atoms with E-state index in [1.807, 2.05) is 31.2 Å². The molecule has 0 saturated carbocycles. The van der Waals surface area contributed by atoms with E-state index in [2.05, 4.69) is 10.3 Å². The first kappa shape index (κ1) is 14.8. The quantitative estimate of drug-likeness (QED) is 0.846. The maximum atomic E-state index is 11.8. The van der Waals surface area contributed by atoms with Crippen molar-refractivity contribution in [3.05, 3.63) is 53.7 Å². The third-order valence-corrected chi connectivity index (χ3v) is 3.24. The van der Waals surface area contributed by atoms with Crippen LogP contribution in [-0.2, 0) is 0 Å². The Morgan fingerprint density at radius 3 is 2.52 bits per heavy atom. The Morgan fingerprint density at radius 2 is 1.95 bits per heavy atom. The third-order valence-electron chi connectivity index (χ3n) is 3.24. The van der Waals surface area contributed by atoms with Crippen LogP contribution < -0.4 is 11.1 Å². The van der Waals surface area contributed by atoms with Gasteiger partial charge in [-0.3, -0.25) is 4.79 Å². The van der Waals surface area contributed by atoms with Gasteiger partial charge in [-0.1, -0.05) is 18.2 Å². The molecule has 1 atom stereocenters. The second kappa shape index (κ2) is 6.26. The number of nitrogens with one attached hydrogen (secondary N) is 1. The summed E-state index contributed by atoms with van der Waals surface area (Å²) in [5.74, 6) is 0.649. The number of para-hydroxylation sites is 1. The number of carbonyl (C=O) groups is 1. The van der Waals surface area contributed by atoms with Crippen LogP contribution in [0.5, 0.6) is 0 Å². The molecule has 5 nitrogen and oxygen atoms in total. The van der Waals surface area contributed by atoms with Crippen LogP contribution >= 0.6 is 0 Å². The molecule has 1 unspecified atom stereocenters. The van der Waals surface area contributed by atoms with Crippen LogP contribution in [0.1, 0.15) is 28.9 Å². The van der Waals surface area contributed by atoms with E-state index >= 15 is 0 Å². The Kier molecular flexibility index (Phi) is 4.42. The summed E-state index contributed by atoms with van der Waals surface area (Å²) in [6.07, 6.45) is 1.58. The van der Waals surface area contributed by atoms with Crippen molar-refractivity contribution < 1.29 is 4.79 Å². The minimum absolute atomic E-state index is 0.0362. The highest BCUT2D eigenvalue weighted by Crippen LogP contribution is 2.22. The molecule has 5 heteroatoms. The molecule has 0 aliphatic carbocycles. The number of amides is 1. The summed E-state index contributed by atoms with van der Waals surface area (Å²) < 4.78 is 0. The molecule has 2 aromatic rings. The fraction of sp³-hybridized carbons (Fsp3) is 0.250. The van der Waals surface area contributed by atoms with Crippen LogP contribution in [0, 0.1) is 0 Å². The van der Waals surface area contributed by atoms with Gasteiger partial charge < -0.3 is 16.0 Å². The van der Waals surface area contributed by atoms with Crippen molar-refractivity contribution >= 4 is 17.4 Å². The lowest BCUT2D eigenvalue weighted by atomic mass is 10.1. The van der Waals surface area contributed by atoms with Crippen LogP contribution in [0.4, 0.5) is 11.5 Å². The summed E-state index contributed by atoms with van der Waals surface area (Å²) in [4.78, 5) is 17.6. The van der Waals surface area contributed by atoms with Gasteiger partial charge in [0, 0.05) is 26.0 Å². The largest absolute Gasteiger partial charge is 0.398 e. The lowest BCUT2D eigenvalue weighted by Gasteiger charge is -2.17. The first-order valence-electron chi connectivity index (χ1n) is 6.77. The van der Waals surface area contributed by atoms with Gasteiger partial charge in [0.25, 0.3) is 5.91 Å². The monoisotopic (exact) mass is 284 g/mol. The van der Waals surface area contributed by atoms with Gasteiger partial charge in [-0.2, -0.15) is 0 Å². The predicted molar refractivity (Wildman–Crippen MR) is 85.1 cm³/mol. The molecule has 0 bridgehead atoms. The number of nitrogen functional groups attached to an aromatic ring is 1. The van der Waals surface area contributed by atoms with Crippen molar-refractivity contribution in [1.29, 1.82) is 0 Å². The minimum Gasteiger partial charge on any atom is -0.398 e. The SMILES string of the molecule is CC(Nc1ccc(C(=O)N(C)C)cn1)c1ccccc1N. The molecule has 21 heavy (non-hydrogen) atoms. The summed E-state index contributed by atoms with van der Waals surface area (Å²) in [6, 6.07) is 11.3. The standard InChI is InChI=1S/C16H20N4O/c1-11(13-6-4-5-7-14(13)17)19-15-9-8-12(10-18-15)16(21)20(2)3/h4-11H,17H2,1-3H3,(H,18,19). The zero-order chi connectivity index (χ0) is 15.4. The predicted octanol–water partition coefficient (Wildman–Crippen LogP) is 2.54. The van der Waals surface area contributed by atoms with Crippen LogP contribution in [-0.4, -0.2) is 29.9 Å². The zero-order valence-electron chi connectivity index (χ0n) is 12.5. The lowest BCUT2D eigenvalue weighted by Crippen LogP contribution is -2.21. The Balaban J connectivity index is 2.10. The smallest absolute Gasteiger partial charge is 0.254 e. The number of rotatable bonds is 4. The normalized spacial score (nSPS) is 11.8. The van der Waals surface area contributed by atoms with Crippen molar-refractivity contribution in [1.82, 2.24) is 9.88 Å². The van der Waals surface area contributed by atoms with E-state index in [9.17, 15) is 4.79 Å². The van der Waals surface area contributed by atoms with Crippen LogP contribution in [0.2, 0.25) is 0 Å². The Morgan fingerprint density at radius 1 is 1.24 bits per heavy atom. The number of aromatic nitrogens is 1. The molecule has 1 amide bonds. The highest BCUT2D eigenvalue weighted by molar-refractivity contribution is 5.93. The van der Waals surface area contributed by atoms with Gasteiger partial charge in [-0.25, -0.2) is 4.98 Å². The van der Waals surface area contributed by atoms with Crippen molar-refractivity contribution in [2.45, 2.75) is 13.0 Å². The Labute approximate surface area is 124 Å². The van der Waals surface area contributed by atoms with E-state index in [1.54, 1.807) is 32.4 Å². The summed E-state index contributed by atoms with van der Waals surface area (Å²) in [5.41, 5.74) is 8.30. The molecule has 0 aliphatic heterocycles. The number of nitrogens with zero attached hydrogens (tertiary/aromatic N) is 2. The molecule has 0 saturated heterocycles. The molecule has 0 spiro atoms. The molecular weight excluding hydrogens is 264 g/mol. The van der Waals surface area contributed by atoms with Crippen molar-refractivity contribution in [2.24, 2.45) is 0 Å².